The topological polar surface area (TPSA) is 228 Å². The molecule has 0 aliphatic carbocycles. The van der Waals surface area contributed by atoms with Crippen LogP contribution in [0.1, 0.15) is 219 Å². The number of rotatable bonds is 48. The van der Waals surface area contributed by atoms with Crippen LogP contribution in [-0.2, 0) is 23.7 Å². The van der Waals surface area contributed by atoms with Crippen LogP contribution in [0.5, 0.6) is 0 Å². The Hall–Kier alpha value is -2.83. The maximum absolute atomic E-state index is 13.0. The number of nitrogens with one attached hydrogen (secondary N) is 1. The fourth-order valence-electron chi connectivity index (χ4n) is 9.66. The molecule has 450 valence electrons. The maximum atomic E-state index is 13.0. The zero-order chi connectivity index (χ0) is 56.7. The third-order valence-corrected chi connectivity index (χ3v) is 14.6. The van der Waals surface area contributed by atoms with Crippen molar-refractivity contribution in [1.29, 1.82) is 0 Å². The first-order valence-corrected chi connectivity index (χ1v) is 30.8. The average molecular weight is 1100 g/mol. The van der Waals surface area contributed by atoms with E-state index < -0.39 is 86.8 Å². The number of carbonyl (C=O) groups is 1. The van der Waals surface area contributed by atoms with E-state index in [1.807, 2.05) is 13.0 Å². The first-order chi connectivity index (χ1) is 38.1. The van der Waals surface area contributed by atoms with Crippen LogP contribution in [0, 0.1) is 0 Å². The lowest BCUT2D eigenvalue weighted by Crippen LogP contribution is -2.65. The second-order valence-corrected chi connectivity index (χ2v) is 21.5. The molecule has 2 fully saturated rings. The summed E-state index contributed by atoms with van der Waals surface area (Å²) >= 11 is 0. The molecular formula is C64H111NO13. The second-order valence-electron chi connectivity index (χ2n) is 21.5. The van der Waals surface area contributed by atoms with E-state index in [-0.39, 0.29) is 18.9 Å². The van der Waals surface area contributed by atoms with Crippen LogP contribution in [0.25, 0.3) is 0 Å². The Kier molecular flexibility index (Phi) is 44.6. The number of amides is 1. The van der Waals surface area contributed by atoms with Crippen LogP contribution in [0.4, 0.5) is 0 Å². The van der Waals surface area contributed by atoms with Crippen molar-refractivity contribution in [3.05, 3.63) is 85.1 Å². The molecule has 78 heavy (non-hydrogen) atoms. The molecule has 14 heteroatoms. The molecule has 0 aromatic rings. The molecule has 0 saturated carbocycles. The lowest BCUT2D eigenvalue weighted by atomic mass is 9.97. The molecular weight excluding hydrogens is 991 g/mol. The number of hydrogen-bond donors (Lipinski definition) is 9. The molecule has 2 aliphatic heterocycles. The molecule has 0 bridgehead atoms. The van der Waals surface area contributed by atoms with E-state index in [4.69, 9.17) is 18.9 Å². The predicted molar refractivity (Wildman–Crippen MR) is 313 cm³/mol. The standard InChI is InChI=1S/C64H111NO13/c1-3-5-7-8-9-10-11-12-13-14-15-16-17-18-19-20-21-22-23-24-25-26-27-28-29-30-31-32-33-34-35-36-37-38-39-40-41-42-43-44-46-48-56(69)65-52(53(68)47-45-6-4-2)51-75-63-61(74)59(72)62(55(50-67)77-63)78-64-60(73)58(71)57(70)54(49-66)76-64/h5,7,9-10,12-13,15-16,18-19,21-22,45,47,52-55,57-64,66-68,70-74H,3-4,6,8,11,14,17,20,23-44,46,48-51H2,1-2H3,(H,65,69)/b7-5-,10-9-,13-12-,16-15-,19-18-,22-21-,47-45+. The van der Waals surface area contributed by atoms with Gasteiger partial charge in [-0.25, -0.2) is 0 Å². The first kappa shape index (κ1) is 71.3. The molecule has 0 aromatic heterocycles. The van der Waals surface area contributed by atoms with E-state index >= 15 is 0 Å². The maximum Gasteiger partial charge on any atom is 0.220 e. The molecule has 2 aliphatic rings. The molecule has 2 heterocycles. The van der Waals surface area contributed by atoms with Crippen LogP contribution in [0.15, 0.2) is 85.1 Å². The Morgan fingerprint density at radius 2 is 0.885 bits per heavy atom. The smallest absolute Gasteiger partial charge is 0.220 e. The summed E-state index contributed by atoms with van der Waals surface area (Å²) in [6, 6.07) is -0.911. The fraction of sp³-hybridized carbons (Fsp3) is 0.766. The van der Waals surface area contributed by atoms with E-state index in [0.29, 0.717) is 6.42 Å². The van der Waals surface area contributed by atoms with E-state index in [2.05, 4.69) is 85.2 Å². The van der Waals surface area contributed by atoms with Crippen LogP contribution < -0.4 is 5.32 Å². The number of unbranched alkanes of at least 4 members (excludes halogenated alkanes) is 23. The fourth-order valence-corrected chi connectivity index (χ4v) is 9.66. The third-order valence-electron chi connectivity index (χ3n) is 14.6. The summed E-state index contributed by atoms with van der Waals surface area (Å²) in [4.78, 5) is 13.0. The number of ether oxygens (including phenoxy) is 4. The Bertz CT molecular complexity index is 1630. The summed E-state index contributed by atoms with van der Waals surface area (Å²) in [5.74, 6) is -0.251. The number of allylic oxidation sites excluding steroid dienone is 13. The highest BCUT2D eigenvalue weighted by Crippen LogP contribution is 2.30. The number of hydrogen-bond acceptors (Lipinski definition) is 13. The van der Waals surface area contributed by atoms with E-state index in [1.54, 1.807) is 6.08 Å². The van der Waals surface area contributed by atoms with Gasteiger partial charge in [-0.15, -0.1) is 0 Å². The lowest BCUT2D eigenvalue weighted by molar-refractivity contribution is -0.359. The minimum atomic E-state index is -1.79. The van der Waals surface area contributed by atoms with Gasteiger partial charge in [-0.3, -0.25) is 4.79 Å². The van der Waals surface area contributed by atoms with E-state index in [0.717, 1.165) is 70.6 Å². The minimum absolute atomic E-state index is 0.251. The van der Waals surface area contributed by atoms with Gasteiger partial charge in [0, 0.05) is 6.42 Å². The summed E-state index contributed by atoms with van der Waals surface area (Å²) in [6.07, 6.45) is 50.8. The average Bonchev–Trinajstić information content (AvgIpc) is 3.44. The van der Waals surface area contributed by atoms with Crippen molar-refractivity contribution in [1.82, 2.24) is 5.32 Å². The van der Waals surface area contributed by atoms with Crippen molar-refractivity contribution in [2.24, 2.45) is 0 Å². The highest BCUT2D eigenvalue weighted by atomic mass is 16.7. The SMILES string of the molecule is CC/C=C\C/C=C\C/C=C\C/C=C\C/C=C\C/C=C\CCCCCCCCCCCCCCCCCCCCCCCCC(=O)NC(COC1OC(CO)C(OC2OC(CO)C(O)C(O)C2O)C(O)C1O)C(O)/C=C/CCC. The van der Waals surface area contributed by atoms with Gasteiger partial charge in [0.1, 0.15) is 48.8 Å². The van der Waals surface area contributed by atoms with Crippen molar-refractivity contribution >= 4 is 5.91 Å². The van der Waals surface area contributed by atoms with Gasteiger partial charge in [-0.1, -0.05) is 234 Å². The normalized spacial score (nSPS) is 25.2. The highest BCUT2D eigenvalue weighted by molar-refractivity contribution is 5.76. The van der Waals surface area contributed by atoms with Gasteiger partial charge in [-0.05, 0) is 64.2 Å². The van der Waals surface area contributed by atoms with Gasteiger partial charge in [0.05, 0.1) is 32.0 Å². The largest absolute Gasteiger partial charge is 0.394 e. The molecule has 12 unspecified atom stereocenters. The predicted octanol–water partition coefficient (Wildman–Crippen LogP) is 10.9. The van der Waals surface area contributed by atoms with Gasteiger partial charge in [0.15, 0.2) is 12.6 Å². The monoisotopic (exact) mass is 1100 g/mol. The molecule has 2 saturated heterocycles. The van der Waals surface area contributed by atoms with Crippen LogP contribution in [-0.4, -0.2) is 140 Å². The van der Waals surface area contributed by atoms with Crippen LogP contribution in [0.3, 0.4) is 0 Å². The summed E-state index contributed by atoms with van der Waals surface area (Å²) in [5.41, 5.74) is 0. The van der Waals surface area contributed by atoms with E-state index in [1.165, 1.54) is 122 Å². The molecule has 0 aromatic carbocycles. The minimum Gasteiger partial charge on any atom is -0.394 e. The van der Waals surface area contributed by atoms with Crippen molar-refractivity contribution < 1.29 is 64.6 Å². The Balaban J connectivity index is 1.43. The van der Waals surface area contributed by atoms with Crippen molar-refractivity contribution in [2.75, 3.05) is 19.8 Å². The van der Waals surface area contributed by atoms with Crippen LogP contribution >= 0.6 is 0 Å². The highest BCUT2D eigenvalue weighted by Gasteiger charge is 2.51. The van der Waals surface area contributed by atoms with Gasteiger partial charge in [0.2, 0.25) is 5.91 Å². The number of aliphatic hydroxyl groups is 8. The van der Waals surface area contributed by atoms with Gasteiger partial charge < -0.3 is 65.1 Å². The van der Waals surface area contributed by atoms with Crippen molar-refractivity contribution in [2.45, 2.75) is 293 Å². The summed E-state index contributed by atoms with van der Waals surface area (Å²) in [7, 11) is 0. The Morgan fingerprint density at radius 1 is 0.474 bits per heavy atom. The summed E-state index contributed by atoms with van der Waals surface area (Å²) < 4.78 is 22.5. The molecule has 0 radical (unpaired) electrons. The molecule has 2 rings (SSSR count). The van der Waals surface area contributed by atoms with Crippen molar-refractivity contribution in [3.8, 4) is 0 Å². The van der Waals surface area contributed by atoms with E-state index in [9.17, 15) is 45.6 Å². The molecule has 1 amide bonds. The Morgan fingerprint density at radius 3 is 1.33 bits per heavy atom. The quantitative estimate of drug-likeness (QED) is 0.0204. The van der Waals surface area contributed by atoms with Crippen molar-refractivity contribution in [3.63, 3.8) is 0 Å². The summed E-state index contributed by atoms with van der Waals surface area (Å²) in [6.45, 7) is 2.44. The van der Waals surface area contributed by atoms with Gasteiger partial charge >= 0.3 is 0 Å². The zero-order valence-electron chi connectivity index (χ0n) is 48.4. The van der Waals surface area contributed by atoms with Gasteiger partial charge in [-0.2, -0.15) is 0 Å². The number of carbonyl (C=O) groups excluding carboxylic acids is 1. The molecule has 12 atom stereocenters. The molecule has 14 nitrogen and oxygen atoms in total. The number of aliphatic hydroxyl groups excluding tert-OH is 8. The Labute approximate surface area is 471 Å². The molecule has 0 spiro atoms. The summed E-state index contributed by atoms with van der Waals surface area (Å²) in [5, 5.41) is 86.0. The van der Waals surface area contributed by atoms with Crippen LogP contribution in [0.2, 0.25) is 0 Å². The second kappa shape index (κ2) is 48.8. The zero-order valence-corrected chi connectivity index (χ0v) is 48.4. The molecule has 9 N–H and O–H groups in total. The third kappa shape index (κ3) is 33.8. The first-order valence-electron chi connectivity index (χ1n) is 30.8. The van der Waals surface area contributed by atoms with Gasteiger partial charge in [0.25, 0.3) is 0 Å². The lowest BCUT2D eigenvalue weighted by Gasteiger charge is -2.46.